The standard InChI is InChI=1S/C30H32ClF5N6O3/c1-41-25-20-24(39-27(40-25)44-14-29-6-3-7-42(29)12-15(32)10-29)22(33)23(18-8-16(37)9-19(31)21(18)30(34,35)36)38-26(20)45-17(13-43)11-28(41)4-2-5-28/h8-9,15,17,43H,2-7,10-14,37H2,1H3/t15-,17?,29+/m1/s1. The molecule has 45 heavy (non-hydrogen) atoms. The Hall–Kier alpha value is -3.23. The van der Waals surface area contributed by atoms with Crippen LogP contribution in [0.1, 0.15) is 50.5 Å². The van der Waals surface area contributed by atoms with Gasteiger partial charge in [0.05, 0.1) is 22.7 Å². The van der Waals surface area contributed by atoms with Gasteiger partial charge in [-0.05, 0) is 50.8 Å². The lowest BCUT2D eigenvalue weighted by Crippen LogP contribution is -2.56. The predicted molar refractivity (Wildman–Crippen MR) is 157 cm³/mol. The maximum absolute atomic E-state index is 16.7. The lowest BCUT2D eigenvalue weighted by molar-refractivity contribution is -0.137. The Morgan fingerprint density at radius 2 is 1.93 bits per heavy atom. The molecular weight excluding hydrogens is 623 g/mol. The minimum atomic E-state index is -4.98. The molecule has 2 saturated heterocycles. The van der Waals surface area contributed by atoms with Crippen molar-refractivity contribution in [1.82, 2.24) is 19.9 Å². The molecule has 1 spiro atoms. The number of nitrogens with two attached hydrogens (primary N) is 1. The molecule has 15 heteroatoms. The number of alkyl halides is 4. The van der Waals surface area contributed by atoms with E-state index in [0.717, 1.165) is 50.8 Å². The van der Waals surface area contributed by atoms with Crippen molar-refractivity contribution in [2.75, 3.05) is 44.0 Å². The second kappa shape index (κ2) is 10.7. The quantitative estimate of drug-likeness (QED) is 0.271. The molecular formula is C30H32ClF5N6O3. The smallest absolute Gasteiger partial charge is 0.418 e. The summed E-state index contributed by atoms with van der Waals surface area (Å²) in [5, 5.41) is 9.52. The summed E-state index contributed by atoms with van der Waals surface area (Å²) in [7, 11) is 1.79. The molecule has 4 aliphatic rings. The zero-order valence-electron chi connectivity index (χ0n) is 24.4. The molecule has 3 aromatic rings. The van der Waals surface area contributed by atoms with Gasteiger partial charge in [0, 0.05) is 43.2 Å². The summed E-state index contributed by atoms with van der Waals surface area (Å²) in [6.07, 6.45) is -2.10. The lowest BCUT2D eigenvalue weighted by atomic mass is 9.71. The van der Waals surface area contributed by atoms with E-state index in [1.54, 1.807) is 7.05 Å². The topological polar surface area (TPSA) is 110 Å². The highest BCUT2D eigenvalue weighted by Gasteiger charge is 2.50. The summed E-state index contributed by atoms with van der Waals surface area (Å²) in [6.45, 7) is 0.694. The van der Waals surface area contributed by atoms with Crippen molar-refractivity contribution in [2.24, 2.45) is 0 Å². The van der Waals surface area contributed by atoms with Gasteiger partial charge in [0.1, 0.15) is 41.3 Å². The van der Waals surface area contributed by atoms with Crippen LogP contribution in [0.4, 0.5) is 33.5 Å². The Morgan fingerprint density at radius 3 is 2.62 bits per heavy atom. The van der Waals surface area contributed by atoms with Gasteiger partial charge in [-0.3, -0.25) is 4.90 Å². The fraction of sp³-hybridized carbons (Fsp3) is 0.567. The molecule has 242 valence electrons. The van der Waals surface area contributed by atoms with E-state index in [9.17, 15) is 22.7 Å². The molecule has 3 atom stereocenters. The molecule has 1 saturated carbocycles. The summed E-state index contributed by atoms with van der Waals surface area (Å²) in [4.78, 5) is 17.2. The highest BCUT2D eigenvalue weighted by molar-refractivity contribution is 6.32. The molecule has 7 rings (SSSR count). The first-order valence-electron chi connectivity index (χ1n) is 15.0. The number of pyridine rings is 1. The van der Waals surface area contributed by atoms with Crippen molar-refractivity contribution < 1.29 is 36.5 Å². The van der Waals surface area contributed by atoms with E-state index < -0.39 is 63.8 Å². The number of aliphatic hydroxyl groups is 1. The highest BCUT2D eigenvalue weighted by atomic mass is 35.5. The minimum Gasteiger partial charge on any atom is -0.471 e. The number of nitrogen functional groups attached to an aromatic ring is 1. The maximum Gasteiger partial charge on any atom is 0.418 e. The van der Waals surface area contributed by atoms with Crippen LogP contribution >= 0.6 is 11.6 Å². The van der Waals surface area contributed by atoms with Crippen LogP contribution in [0.25, 0.3) is 22.2 Å². The first kappa shape index (κ1) is 30.4. The van der Waals surface area contributed by atoms with Crippen molar-refractivity contribution in [2.45, 2.75) is 74.5 Å². The van der Waals surface area contributed by atoms with Gasteiger partial charge >= 0.3 is 12.2 Å². The predicted octanol–water partition coefficient (Wildman–Crippen LogP) is 5.54. The van der Waals surface area contributed by atoms with E-state index in [-0.39, 0.29) is 47.3 Å². The van der Waals surface area contributed by atoms with Crippen LogP contribution in [-0.2, 0) is 6.18 Å². The van der Waals surface area contributed by atoms with Gasteiger partial charge in [-0.2, -0.15) is 23.1 Å². The Bertz CT molecular complexity index is 1670. The zero-order chi connectivity index (χ0) is 31.9. The summed E-state index contributed by atoms with van der Waals surface area (Å²) < 4.78 is 86.2. The van der Waals surface area contributed by atoms with Crippen LogP contribution in [0.2, 0.25) is 5.02 Å². The average Bonchev–Trinajstić information content (AvgIpc) is 3.47. The van der Waals surface area contributed by atoms with E-state index in [1.807, 2.05) is 4.90 Å². The molecule has 3 fully saturated rings. The van der Waals surface area contributed by atoms with Crippen LogP contribution in [0.5, 0.6) is 11.9 Å². The number of hydrogen-bond donors (Lipinski definition) is 2. The normalized spacial score (nSPS) is 26.0. The lowest BCUT2D eigenvalue weighted by Gasteiger charge is -2.51. The van der Waals surface area contributed by atoms with Gasteiger partial charge in [-0.1, -0.05) is 11.6 Å². The molecule has 3 N–H and O–H groups in total. The highest BCUT2D eigenvalue weighted by Crippen LogP contribution is 2.50. The molecule has 1 aromatic carbocycles. The second-order valence-electron chi connectivity index (χ2n) is 12.7. The zero-order valence-corrected chi connectivity index (χ0v) is 25.2. The summed E-state index contributed by atoms with van der Waals surface area (Å²) in [5.41, 5.74) is 1.58. The molecule has 9 nitrogen and oxygen atoms in total. The van der Waals surface area contributed by atoms with Gasteiger partial charge in [-0.15, -0.1) is 0 Å². The number of nitrogens with zero attached hydrogens (tertiary/aromatic N) is 5. The SMILES string of the molecule is CN1c2nc(OC[C@@]34CCCN3C[C@H](F)C4)nc3c(F)c(-c4cc(N)cc(Cl)c4C(F)(F)F)nc(c23)OC(CO)CC12CCC2. The van der Waals surface area contributed by atoms with E-state index in [2.05, 4.69) is 19.9 Å². The van der Waals surface area contributed by atoms with Gasteiger partial charge in [0.15, 0.2) is 5.82 Å². The van der Waals surface area contributed by atoms with Crippen LogP contribution in [0.15, 0.2) is 12.1 Å². The largest absolute Gasteiger partial charge is 0.471 e. The van der Waals surface area contributed by atoms with Gasteiger partial charge < -0.3 is 25.2 Å². The molecule has 3 aliphatic heterocycles. The minimum absolute atomic E-state index is 0.0319. The Morgan fingerprint density at radius 1 is 1.16 bits per heavy atom. The number of rotatable bonds is 5. The van der Waals surface area contributed by atoms with Crippen molar-refractivity contribution in [3.63, 3.8) is 0 Å². The molecule has 0 amide bonds. The van der Waals surface area contributed by atoms with Crippen LogP contribution in [0, 0.1) is 5.82 Å². The third-order valence-electron chi connectivity index (χ3n) is 10.00. The molecule has 2 aromatic heterocycles. The van der Waals surface area contributed by atoms with Crippen molar-refractivity contribution >= 4 is 34.0 Å². The third-order valence-corrected chi connectivity index (χ3v) is 10.3. The van der Waals surface area contributed by atoms with E-state index in [0.29, 0.717) is 13.0 Å². The van der Waals surface area contributed by atoms with Crippen molar-refractivity contribution in [1.29, 1.82) is 0 Å². The van der Waals surface area contributed by atoms with Crippen LogP contribution in [0.3, 0.4) is 0 Å². The maximum atomic E-state index is 16.7. The summed E-state index contributed by atoms with van der Waals surface area (Å²) >= 11 is 6.00. The molecule has 1 aliphatic carbocycles. The van der Waals surface area contributed by atoms with Crippen LogP contribution < -0.4 is 20.1 Å². The van der Waals surface area contributed by atoms with Gasteiger partial charge in [0.2, 0.25) is 5.88 Å². The Balaban J connectivity index is 1.44. The molecule has 0 radical (unpaired) electrons. The first-order valence-corrected chi connectivity index (χ1v) is 15.3. The van der Waals surface area contributed by atoms with E-state index >= 15 is 4.39 Å². The monoisotopic (exact) mass is 654 g/mol. The summed E-state index contributed by atoms with van der Waals surface area (Å²) in [6, 6.07) is 1.67. The number of anilines is 2. The molecule has 5 heterocycles. The van der Waals surface area contributed by atoms with Crippen LogP contribution in [-0.4, -0.2) is 81.7 Å². The number of ether oxygens (including phenoxy) is 2. The second-order valence-corrected chi connectivity index (χ2v) is 13.1. The molecule has 0 bridgehead atoms. The number of hydrogen-bond acceptors (Lipinski definition) is 9. The third kappa shape index (κ3) is 4.91. The Labute approximate surface area is 260 Å². The number of halogens is 6. The molecule has 1 unspecified atom stereocenters. The van der Waals surface area contributed by atoms with Crippen molar-refractivity contribution in [3.05, 3.63) is 28.5 Å². The number of benzene rings is 1. The fourth-order valence-corrected chi connectivity index (χ4v) is 7.97. The van der Waals surface area contributed by atoms with Gasteiger partial charge in [-0.25, -0.2) is 13.8 Å². The number of aromatic nitrogens is 3. The first-order chi connectivity index (χ1) is 21.3. The van der Waals surface area contributed by atoms with Crippen molar-refractivity contribution in [3.8, 4) is 23.1 Å². The fourth-order valence-electron chi connectivity index (χ4n) is 7.64. The average molecular weight is 655 g/mol. The number of fused-ring (bicyclic) bond motifs is 1. The van der Waals surface area contributed by atoms with Gasteiger partial charge in [0.25, 0.3) is 0 Å². The summed E-state index contributed by atoms with van der Waals surface area (Å²) in [5.74, 6) is -1.19. The Kier molecular flexibility index (Phi) is 7.21. The number of aliphatic hydroxyl groups excluding tert-OH is 1. The van der Waals surface area contributed by atoms with E-state index in [1.165, 1.54) is 0 Å². The van der Waals surface area contributed by atoms with E-state index in [4.69, 9.17) is 26.8 Å².